The topological polar surface area (TPSA) is 130 Å². The number of benzene rings is 4. The third-order valence-electron chi connectivity index (χ3n) is 11.1. The van der Waals surface area contributed by atoms with E-state index < -0.39 is 62.9 Å². The number of fused-ring (bicyclic) bond motifs is 5. The van der Waals surface area contributed by atoms with Crippen LogP contribution in [0.5, 0.6) is 11.5 Å². The van der Waals surface area contributed by atoms with Crippen molar-refractivity contribution >= 4 is 69.3 Å². The van der Waals surface area contributed by atoms with Gasteiger partial charge in [0.25, 0.3) is 11.8 Å². The van der Waals surface area contributed by atoms with Crippen molar-refractivity contribution in [2.24, 2.45) is 17.8 Å². The summed E-state index contributed by atoms with van der Waals surface area (Å²) in [5.74, 6) is -6.33. The number of phenols is 1. The number of oxazole rings is 1. The van der Waals surface area contributed by atoms with Crippen LogP contribution in [0.2, 0.25) is 0 Å². The van der Waals surface area contributed by atoms with E-state index in [9.17, 15) is 28.7 Å². The van der Waals surface area contributed by atoms with Crippen molar-refractivity contribution in [3.63, 3.8) is 0 Å². The van der Waals surface area contributed by atoms with Gasteiger partial charge in [-0.3, -0.25) is 24.1 Å². The van der Waals surface area contributed by atoms with Crippen molar-refractivity contribution < 1.29 is 37.8 Å². The fourth-order valence-electron chi connectivity index (χ4n) is 8.69. The van der Waals surface area contributed by atoms with Crippen LogP contribution in [0, 0.1) is 23.6 Å². The predicted octanol–water partition coefficient (Wildman–Crippen LogP) is 7.12. The zero-order chi connectivity index (χ0) is 37.0. The van der Waals surface area contributed by atoms with E-state index in [1.54, 1.807) is 30.3 Å². The zero-order valence-corrected chi connectivity index (χ0v) is 29.3. The van der Waals surface area contributed by atoms with Crippen molar-refractivity contribution in [2.45, 2.75) is 28.5 Å². The number of alkyl halides is 2. The largest absolute Gasteiger partial charge is 0.508 e. The molecule has 0 bridgehead atoms. The minimum Gasteiger partial charge on any atom is -0.508 e. The van der Waals surface area contributed by atoms with E-state index in [0.29, 0.717) is 39.4 Å². The lowest BCUT2D eigenvalue weighted by Crippen LogP contribution is -2.60. The second kappa shape index (κ2) is 11.7. The van der Waals surface area contributed by atoms with Crippen LogP contribution in [-0.2, 0) is 19.2 Å². The number of ether oxygens (including phenoxy) is 1. The Morgan fingerprint density at radius 2 is 1.57 bits per heavy atom. The monoisotopic (exact) mass is 751 g/mol. The van der Waals surface area contributed by atoms with Gasteiger partial charge in [0.15, 0.2) is 15.3 Å². The Bertz CT molecular complexity index is 2400. The number of rotatable bonds is 5. The fraction of sp³-hybridized carbons (Fsp3) is 0.225. The number of methoxy groups -OCH3 is 1. The number of halogens is 3. The van der Waals surface area contributed by atoms with Crippen LogP contribution in [-0.4, -0.2) is 50.6 Å². The summed E-state index contributed by atoms with van der Waals surface area (Å²) in [5.41, 5.74) is 3.30. The molecule has 266 valence electrons. The molecule has 4 aliphatic rings. The third-order valence-corrected chi connectivity index (χ3v) is 12.5. The van der Waals surface area contributed by atoms with Crippen LogP contribution < -0.4 is 14.5 Å². The van der Waals surface area contributed by atoms with Crippen molar-refractivity contribution in [3.8, 4) is 23.0 Å². The number of aromatic nitrogens is 1. The molecular formula is C40H28Cl2FN3O7. The highest BCUT2D eigenvalue weighted by Crippen LogP contribution is 2.66. The van der Waals surface area contributed by atoms with Crippen LogP contribution >= 0.6 is 23.2 Å². The summed E-state index contributed by atoms with van der Waals surface area (Å²) in [6, 6.07) is 23.2. The maximum Gasteiger partial charge on any atom is 0.258 e. The molecule has 1 N–H and O–H groups in total. The normalized spacial score (nSPS) is 27.9. The summed E-state index contributed by atoms with van der Waals surface area (Å²) < 4.78 is 25.5. The summed E-state index contributed by atoms with van der Waals surface area (Å²) in [4.78, 5) is 60.0. The number of hydrogen-bond acceptors (Lipinski definition) is 8. The Kier molecular flexibility index (Phi) is 7.38. The molecule has 2 aliphatic heterocycles. The van der Waals surface area contributed by atoms with E-state index in [-0.39, 0.29) is 30.0 Å². The van der Waals surface area contributed by atoms with Crippen molar-refractivity contribution in [3.05, 3.63) is 114 Å². The molecule has 13 heteroatoms. The van der Waals surface area contributed by atoms with Crippen LogP contribution in [0.3, 0.4) is 0 Å². The number of carbonyl (C=O) groups excluding carboxylic acids is 4. The molecule has 4 amide bonds. The first-order chi connectivity index (χ1) is 25.5. The van der Waals surface area contributed by atoms with Crippen molar-refractivity contribution in [1.29, 1.82) is 0 Å². The molecular weight excluding hydrogens is 724 g/mol. The number of imide groups is 2. The number of anilines is 2. The number of para-hydroxylation sites is 2. The van der Waals surface area contributed by atoms with Gasteiger partial charge in [0.2, 0.25) is 17.7 Å². The van der Waals surface area contributed by atoms with Gasteiger partial charge in [-0.2, -0.15) is 0 Å². The summed E-state index contributed by atoms with van der Waals surface area (Å²) in [5, 5.41) is 10.3. The highest BCUT2D eigenvalue weighted by atomic mass is 35.5. The highest BCUT2D eigenvalue weighted by molar-refractivity contribution is 6.58. The second-order valence-electron chi connectivity index (χ2n) is 13.7. The van der Waals surface area contributed by atoms with Gasteiger partial charge < -0.3 is 14.3 Å². The number of nitrogens with zero attached hydrogens (tertiary/aromatic N) is 3. The Balaban J connectivity index is 1.13. The number of aromatic hydroxyl groups is 1. The molecule has 0 spiro atoms. The number of phenolic OH excluding ortho intramolecular Hbond substituents is 1. The van der Waals surface area contributed by atoms with Gasteiger partial charge >= 0.3 is 0 Å². The van der Waals surface area contributed by atoms with Gasteiger partial charge in [-0.1, -0.05) is 29.8 Å². The summed E-state index contributed by atoms with van der Waals surface area (Å²) in [6.07, 6.45) is 1.72. The average molecular weight is 753 g/mol. The van der Waals surface area contributed by atoms with Gasteiger partial charge in [0, 0.05) is 23.1 Å². The van der Waals surface area contributed by atoms with Gasteiger partial charge in [0.1, 0.15) is 22.8 Å². The highest BCUT2D eigenvalue weighted by Gasteiger charge is 2.77. The van der Waals surface area contributed by atoms with Crippen LogP contribution in [0.1, 0.15) is 24.3 Å². The molecule has 3 fully saturated rings. The van der Waals surface area contributed by atoms with Gasteiger partial charge in [0.05, 0.1) is 30.3 Å². The molecule has 1 saturated carbocycles. The first-order valence-electron chi connectivity index (χ1n) is 16.9. The first-order valence-corrected chi connectivity index (χ1v) is 17.6. The minimum absolute atomic E-state index is 0.0710. The van der Waals surface area contributed by atoms with E-state index >= 15 is 0 Å². The lowest BCUT2D eigenvalue weighted by Gasteiger charge is -2.50. The molecule has 2 saturated heterocycles. The molecule has 4 aromatic carbocycles. The fourth-order valence-corrected chi connectivity index (χ4v) is 9.61. The molecule has 0 unspecified atom stereocenters. The lowest BCUT2D eigenvalue weighted by molar-refractivity contribution is -0.125. The Labute approximate surface area is 311 Å². The molecule has 0 radical (unpaired) electrons. The van der Waals surface area contributed by atoms with Gasteiger partial charge in [-0.15, -0.1) is 23.2 Å². The smallest absolute Gasteiger partial charge is 0.258 e. The average Bonchev–Trinajstić information content (AvgIpc) is 3.75. The predicted molar refractivity (Wildman–Crippen MR) is 193 cm³/mol. The molecule has 53 heavy (non-hydrogen) atoms. The second-order valence-corrected chi connectivity index (χ2v) is 15.0. The van der Waals surface area contributed by atoms with Crippen LogP contribution in [0.25, 0.3) is 22.6 Å². The van der Waals surface area contributed by atoms with E-state index in [1.807, 2.05) is 30.3 Å². The quantitative estimate of drug-likeness (QED) is 0.114. The Hall–Kier alpha value is -5.52. The maximum atomic E-state index is 14.6. The standard InChI is InChI=1S/C40H28Cl2FN3O7/c1-52-31-18-24(47)14-15-26(31)33-25-16-17-27-32(28(25)19-39(41)37(50)46(38(51)40(33,39)42)23-12-8-21(43)9-13-23)36(49)45(35(27)48)22-10-6-20(7-11-22)34-44-29-4-2-3-5-30(29)53-34/h2-16,18,27-28,32-33,47H,17,19H2,1H3/t27-,28+,32-,33+,39+,40-/m0/s1. The van der Waals surface area contributed by atoms with E-state index in [0.717, 1.165) is 21.9 Å². The number of allylic oxidation sites excluding steroid dienone is 2. The molecule has 5 aromatic rings. The number of amides is 4. The first kappa shape index (κ1) is 33.3. The molecule has 9 rings (SSSR count). The summed E-state index contributed by atoms with van der Waals surface area (Å²) in [7, 11) is 1.39. The van der Waals surface area contributed by atoms with E-state index in [2.05, 4.69) is 4.98 Å². The minimum atomic E-state index is -2.15. The van der Waals surface area contributed by atoms with Gasteiger partial charge in [-0.25, -0.2) is 14.3 Å². The molecule has 3 heterocycles. The van der Waals surface area contributed by atoms with E-state index in [4.69, 9.17) is 32.4 Å². The number of hydrogen-bond donors (Lipinski definition) is 1. The SMILES string of the molecule is COc1cc(O)ccc1[C@H]1C2=CC[C@@H]3C(=O)N(c4ccc(-c5nc6ccccc6o5)cc4)C(=O)[C@@H]3[C@@H]2C[C@@]2(Cl)C(=O)N(c3ccc(F)cc3)C(=O)[C@@]12Cl. The van der Waals surface area contributed by atoms with Crippen molar-refractivity contribution in [1.82, 2.24) is 4.98 Å². The Morgan fingerprint density at radius 1 is 0.868 bits per heavy atom. The van der Waals surface area contributed by atoms with Crippen LogP contribution in [0.15, 0.2) is 107 Å². The van der Waals surface area contributed by atoms with Gasteiger partial charge in [-0.05, 0) is 85.5 Å². The zero-order valence-electron chi connectivity index (χ0n) is 27.8. The van der Waals surface area contributed by atoms with Crippen molar-refractivity contribution in [2.75, 3.05) is 16.9 Å². The number of carbonyl (C=O) groups is 4. The third kappa shape index (κ3) is 4.59. The van der Waals surface area contributed by atoms with E-state index in [1.165, 1.54) is 31.4 Å². The maximum absolute atomic E-state index is 14.6. The molecule has 6 atom stereocenters. The summed E-state index contributed by atoms with van der Waals surface area (Å²) in [6.45, 7) is 0. The molecule has 2 aliphatic carbocycles. The lowest BCUT2D eigenvalue weighted by atomic mass is 9.56. The molecule has 10 nitrogen and oxygen atoms in total. The van der Waals surface area contributed by atoms with Crippen LogP contribution in [0.4, 0.5) is 15.8 Å². The summed E-state index contributed by atoms with van der Waals surface area (Å²) >= 11 is 14.9. The Morgan fingerprint density at radius 3 is 2.28 bits per heavy atom. The molecule has 1 aromatic heterocycles.